The molecule has 0 bridgehead atoms. The maximum absolute atomic E-state index is 13.9. The number of amides is 2. The first-order valence-electron chi connectivity index (χ1n) is 10.8. The van der Waals surface area contributed by atoms with Gasteiger partial charge in [0.1, 0.15) is 5.41 Å². The molecule has 1 fully saturated rings. The molecule has 0 unspecified atom stereocenters. The first-order valence-corrected chi connectivity index (χ1v) is 11.5. The summed E-state index contributed by atoms with van der Waals surface area (Å²) >= 11 is 12.6. The largest absolute Gasteiger partial charge is 0.347 e. The molecule has 1 saturated heterocycles. The van der Waals surface area contributed by atoms with E-state index in [4.69, 9.17) is 23.2 Å². The van der Waals surface area contributed by atoms with E-state index in [1.807, 2.05) is 30.3 Å². The molecule has 0 aromatic heterocycles. The minimum absolute atomic E-state index is 0.0685. The highest BCUT2D eigenvalue weighted by atomic mass is 35.5. The number of halogens is 2. The van der Waals surface area contributed by atoms with Gasteiger partial charge in [-0.2, -0.15) is 0 Å². The molecular formula is C25H29Cl2N3O2. The van der Waals surface area contributed by atoms with E-state index in [0.717, 1.165) is 11.1 Å². The van der Waals surface area contributed by atoms with Gasteiger partial charge in [0.15, 0.2) is 0 Å². The Labute approximate surface area is 199 Å². The van der Waals surface area contributed by atoms with Crippen molar-refractivity contribution in [3.05, 3.63) is 63.6 Å². The second-order valence-electron chi connectivity index (χ2n) is 10.2. The van der Waals surface area contributed by atoms with Gasteiger partial charge in [-0.1, -0.05) is 62.2 Å². The third kappa shape index (κ3) is 3.70. The molecule has 2 aliphatic heterocycles. The summed E-state index contributed by atoms with van der Waals surface area (Å²) in [5.41, 5.74) is 1.38. The third-order valence-electron chi connectivity index (χ3n) is 6.54. The van der Waals surface area contributed by atoms with Gasteiger partial charge in [-0.25, -0.2) is 0 Å². The number of hydrogen-bond acceptors (Lipinski definition) is 3. The number of carbonyl (C=O) groups excluding carboxylic acids is 2. The molecule has 4 atom stereocenters. The van der Waals surface area contributed by atoms with Crippen molar-refractivity contribution < 1.29 is 9.59 Å². The summed E-state index contributed by atoms with van der Waals surface area (Å²) in [5, 5.41) is 7.78. The highest BCUT2D eigenvalue weighted by molar-refractivity contribution is 6.31. The van der Waals surface area contributed by atoms with Gasteiger partial charge >= 0.3 is 0 Å². The minimum atomic E-state index is -0.978. The Kier molecular flexibility index (Phi) is 5.81. The monoisotopic (exact) mass is 473 g/mol. The van der Waals surface area contributed by atoms with Gasteiger partial charge in [-0.15, -0.1) is 0 Å². The molecule has 0 aliphatic carbocycles. The van der Waals surface area contributed by atoms with Gasteiger partial charge in [0.25, 0.3) is 0 Å². The number of rotatable bonds is 3. The van der Waals surface area contributed by atoms with Gasteiger partial charge in [0.2, 0.25) is 11.8 Å². The van der Waals surface area contributed by atoms with E-state index in [1.54, 1.807) is 31.1 Å². The average Bonchev–Trinajstić information content (AvgIpc) is 3.15. The molecule has 2 heterocycles. The summed E-state index contributed by atoms with van der Waals surface area (Å²) < 4.78 is 0. The Balaban J connectivity index is 2.01. The lowest BCUT2D eigenvalue weighted by atomic mass is 9.62. The number of nitrogens with zero attached hydrogens (tertiary/aromatic N) is 1. The lowest BCUT2D eigenvalue weighted by Crippen LogP contribution is -2.49. The fourth-order valence-corrected chi connectivity index (χ4v) is 5.76. The quantitative estimate of drug-likeness (QED) is 0.670. The summed E-state index contributed by atoms with van der Waals surface area (Å²) in [6, 6.07) is 12.2. The van der Waals surface area contributed by atoms with Crippen molar-refractivity contribution in [1.82, 2.24) is 10.2 Å². The molecule has 4 rings (SSSR count). The lowest BCUT2D eigenvalue weighted by Gasteiger charge is -2.37. The predicted molar refractivity (Wildman–Crippen MR) is 129 cm³/mol. The first kappa shape index (κ1) is 23.1. The second-order valence-corrected chi connectivity index (χ2v) is 11.1. The average molecular weight is 474 g/mol. The van der Waals surface area contributed by atoms with Crippen LogP contribution < -0.4 is 10.6 Å². The maximum atomic E-state index is 13.9. The van der Waals surface area contributed by atoms with E-state index in [1.165, 1.54) is 0 Å². The second kappa shape index (κ2) is 8.05. The van der Waals surface area contributed by atoms with Gasteiger partial charge in [0, 0.05) is 41.8 Å². The van der Waals surface area contributed by atoms with Crippen LogP contribution in [0.15, 0.2) is 42.5 Å². The number of likely N-dealkylation sites (N-methyl/N-ethyl adjacent to an activating group) is 1. The Bertz CT molecular complexity index is 1080. The number of carbonyl (C=O) groups is 2. The van der Waals surface area contributed by atoms with E-state index in [-0.39, 0.29) is 23.3 Å². The van der Waals surface area contributed by atoms with Crippen molar-refractivity contribution in [1.29, 1.82) is 0 Å². The van der Waals surface area contributed by atoms with Crippen molar-refractivity contribution >= 4 is 40.7 Å². The predicted octanol–water partition coefficient (Wildman–Crippen LogP) is 4.83. The standard InChI is InChI=1S/C25H29Cl2N3O2/c1-24(2,3)13-19-25(17-10-9-16(27)12-18(17)28-23(25)32)20(14-7-6-8-15(26)11-14)21(29-19)22(31)30(4)5/h6-12,19-21,29H,13H2,1-5H3,(H,28,32)/t19-,20+,21-,25-/m1/s1. The summed E-state index contributed by atoms with van der Waals surface area (Å²) in [5.74, 6) is -0.623. The Morgan fingerprint density at radius 3 is 2.41 bits per heavy atom. The van der Waals surface area contributed by atoms with Crippen molar-refractivity contribution in [3.63, 3.8) is 0 Å². The van der Waals surface area contributed by atoms with E-state index in [9.17, 15) is 9.59 Å². The number of nitrogens with one attached hydrogen (secondary N) is 2. The molecule has 2 aliphatic rings. The molecule has 2 amide bonds. The van der Waals surface area contributed by atoms with E-state index in [2.05, 4.69) is 31.4 Å². The molecule has 5 nitrogen and oxygen atoms in total. The Hall–Kier alpha value is -2.08. The normalized spacial score (nSPS) is 26.8. The molecule has 2 aromatic rings. The highest BCUT2D eigenvalue weighted by Gasteiger charge is 2.65. The first-order chi connectivity index (χ1) is 14.9. The zero-order valence-electron chi connectivity index (χ0n) is 19.0. The van der Waals surface area contributed by atoms with Crippen LogP contribution in [0.5, 0.6) is 0 Å². The summed E-state index contributed by atoms with van der Waals surface area (Å²) in [7, 11) is 3.48. The molecule has 0 radical (unpaired) electrons. The van der Waals surface area contributed by atoms with Crippen LogP contribution in [0.25, 0.3) is 0 Å². The zero-order valence-corrected chi connectivity index (χ0v) is 20.5. The SMILES string of the molecule is CN(C)C(=O)[C@@H]1N[C@H](CC(C)(C)C)[C@@]2(C(=O)Nc3cc(Cl)ccc32)[C@H]1c1cccc(Cl)c1. The van der Waals surface area contributed by atoms with Gasteiger partial charge in [-0.3, -0.25) is 9.59 Å². The highest BCUT2D eigenvalue weighted by Crippen LogP contribution is 2.56. The summed E-state index contributed by atoms with van der Waals surface area (Å²) in [6.07, 6.45) is 0.705. The summed E-state index contributed by atoms with van der Waals surface area (Å²) in [4.78, 5) is 28.9. The Morgan fingerprint density at radius 1 is 1.09 bits per heavy atom. The van der Waals surface area contributed by atoms with E-state index < -0.39 is 17.4 Å². The number of fused-ring (bicyclic) bond motifs is 2. The van der Waals surface area contributed by atoms with Gasteiger partial charge < -0.3 is 15.5 Å². The summed E-state index contributed by atoms with van der Waals surface area (Å²) in [6.45, 7) is 6.44. The van der Waals surface area contributed by atoms with Crippen molar-refractivity contribution in [2.45, 2.75) is 50.6 Å². The fourth-order valence-electron chi connectivity index (χ4n) is 5.39. The molecule has 32 heavy (non-hydrogen) atoms. The molecule has 0 saturated carbocycles. The zero-order chi connectivity index (χ0) is 23.4. The minimum Gasteiger partial charge on any atom is -0.347 e. The number of benzene rings is 2. The van der Waals surface area contributed by atoms with Crippen LogP contribution in [0.4, 0.5) is 5.69 Å². The van der Waals surface area contributed by atoms with Gasteiger partial charge in [-0.05, 0) is 47.2 Å². The van der Waals surface area contributed by atoms with E-state index in [0.29, 0.717) is 22.2 Å². The topological polar surface area (TPSA) is 61.4 Å². The van der Waals surface area contributed by atoms with E-state index >= 15 is 0 Å². The lowest BCUT2D eigenvalue weighted by molar-refractivity contribution is -0.131. The van der Waals surface area contributed by atoms with Crippen LogP contribution in [0.2, 0.25) is 10.0 Å². The van der Waals surface area contributed by atoms with Crippen molar-refractivity contribution in [2.24, 2.45) is 5.41 Å². The molecular weight excluding hydrogens is 445 g/mol. The van der Waals surface area contributed by atoms with Gasteiger partial charge in [0.05, 0.1) is 6.04 Å². The van der Waals surface area contributed by atoms with Crippen LogP contribution in [-0.4, -0.2) is 42.9 Å². The van der Waals surface area contributed by atoms with Crippen LogP contribution >= 0.6 is 23.2 Å². The van der Waals surface area contributed by atoms with Crippen LogP contribution in [0, 0.1) is 5.41 Å². The number of hydrogen-bond donors (Lipinski definition) is 2. The van der Waals surface area contributed by atoms with Crippen molar-refractivity contribution in [2.75, 3.05) is 19.4 Å². The number of anilines is 1. The van der Waals surface area contributed by atoms with Crippen LogP contribution in [0.3, 0.4) is 0 Å². The fraction of sp³-hybridized carbons (Fsp3) is 0.440. The molecule has 2 aromatic carbocycles. The Morgan fingerprint density at radius 2 is 1.78 bits per heavy atom. The van der Waals surface area contributed by atoms with Crippen LogP contribution in [-0.2, 0) is 15.0 Å². The van der Waals surface area contributed by atoms with Crippen LogP contribution in [0.1, 0.15) is 44.2 Å². The maximum Gasteiger partial charge on any atom is 0.239 e. The molecule has 1 spiro atoms. The molecule has 7 heteroatoms. The molecule has 2 N–H and O–H groups in total. The molecule has 170 valence electrons. The third-order valence-corrected chi connectivity index (χ3v) is 7.01. The smallest absolute Gasteiger partial charge is 0.239 e. The van der Waals surface area contributed by atoms with Crippen molar-refractivity contribution in [3.8, 4) is 0 Å².